The van der Waals surface area contributed by atoms with Crippen LogP contribution in [0.15, 0.2) is 54.6 Å². The van der Waals surface area contributed by atoms with Crippen molar-refractivity contribution in [2.24, 2.45) is 5.41 Å². The van der Waals surface area contributed by atoms with E-state index >= 15 is 0 Å². The smallest absolute Gasteiger partial charge is 0.341 e. The normalized spacial score (nSPS) is 19.3. The number of carbonyl (C=O) groups excluding carboxylic acids is 2. The number of fused-ring (bicyclic) bond motifs is 1. The molecule has 0 radical (unpaired) electrons. The number of halogens is 1. The number of rotatable bonds is 9. The van der Waals surface area contributed by atoms with E-state index in [1.54, 1.807) is 0 Å². The zero-order valence-electron chi connectivity index (χ0n) is 21.0. The summed E-state index contributed by atoms with van der Waals surface area (Å²) in [4.78, 5) is 25.2. The molecule has 0 heterocycles. The lowest BCUT2D eigenvalue weighted by Crippen LogP contribution is -2.37. The number of aliphatic hydroxyl groups excluding tert-OH is 1. The number of aliphatic hydroxyl groups is 1. The van der Waals surface area contributed by atoms with Crippen LogP contribution in [0.25, 0.3) is 10.8 Å². The van der Waals surface area contributed by atoms with Gasteiger partial charge >= 0.3 is 11.9 Å². The molecule has 37 heavy (non-hydrogen) atoms. The van der Waals surface area contributed by atoms with Gasteiger partial charge in [0.2, 0.25) is 0 Å². The van der Waals surface area contributed by atoms with Gasteiger partial charge in [-0.2, -0.15) is 0 Å². The van der Waals surface area contributed by atoms with Crippen LogP contribution in [0.4, 0.5) is 4.39 Å². The third kappa shape index (κ3) is 6.02. The summed E-state index contributed by atoms with van der Waals surface area (Å²) >= 11 is 0. The molecule has 1 aliphatic carbocycles. The summed E-state index contributed by atoms with van der Waals surface area (Å²) in [7, 11) is 1.21. The van der Waals surface area contributed by atoms with E-state index in [1.807, 2.05) is 49.4 Å². The van der Waals surface area contributed by atoms with Crippen LogP contribution in [0.2, 0.25) is 0 Å². The molecule has 1 fully saturated rings. The predicted molar refractivity (Wildman–Crippen MR) is 135 cm³/mol. The molecule has 4 rings (SSSR count). The fourth-order valence-electron chi connectivity index (χ4n) is 4.64. The Balaban J connectivity index is 1.38. The largest absolute Gasteiger partial charge is 0.490 e. The van der Waals surface area contributed by atoms with Crippen molar-refractivity contribution >= 4 is 22.7 Å². The Bertz CT molecular complexity index is 1260. The number of esters is 2. The maximum Gasteiger partial charge on any atom is 0.341 e. The summed E-state index contributed by atoms with van der Waals surface area (Å²) in [5, 5.41) is 11.1. The first-order valence-corrected chi connectivity index (χ1v) is 12.3. The molecule has 0 bridgehead atoms. The fraction of sp³-hybridized carbons (Fsp3) is 0.379. The van der Waals surface area contributed by atoms with Crippen LogP contribution in [-0.2, 0) is 20.9 Å². The average Bonchev–Trinajstić information content (AvgIpc) is 2.92. The molecule has 1 N–H and O–H groups in total. The summed E-state index contributed by atoms with van der Waals surface area (Å²) < 4.78 is 36.4. The van der Waals surface area contributed by atoms with Gasteiger partial charge in [-0.05, 0) is 48.9 Å². The Labute approximate surface area is 215 Å². The molecule has 196 valence electrons. The first-order valence-electron chi connectivity index (χ1n) is 12.3. The van der Waals surface area contributed by atoms with Crippen molar-refractivity contribution in [3.05, 3.63) is 71.5 Å². The average molecular weight is 511 g/mol. The SMILES string of the molecule is COC(=O)c1cc(O[C@H]2CC[C@@](C)(C(=O)OCc3cccc4ccccc34)CC2)c(F)cc1OCCO. The number of hydrogen-bond acceptors (Lipinski definition) is 7. The van der Waals surface area contributed by atoms with Crippen LogP contribution in [0.1, 0.15) is 48.5 Å². The van der Waals surface area contributed by atoms with Gasteiger partial charge in [-0.25, -0.2) is 9.18 Å². The van der Waals surface area contributed by atoms with Gasteiger partial charge in [0.05, 0.1) is 25.2 Å². The summed E-state index contributed by atoms with van der Waals surface area (Å²) in [5.74, 6) is -1.78. The van der Waals surface area contributed by atoms with Crippen molar-refractivity contribution in [1.29, 1.82) is 0 Å². The predicted octanol–water partition coefficient (Wildman–Crippen LogP) is 5.21. The van der Waals surface area contributed by atoms with E-state index in [4.69, 9.17) is 24.1 Å². The lowest BCUT2D eigenvalue weighted by molar-refractivity contribution is -0.159. The minimum absolute atomic E-state index is 0.00464. The van der Waals surface area contributed by atoms with Crippen LogP contribution >= 0.6 is 0 Å². The minimum Gasteiger partial charge on any atom is -0.490 e. The molecule has 8 heteroatoms. The Morgan fingerprint density at radius 2 is 1.78 bits per heavy atom. The third-order valence-corrected chi connectivity index (χ3v) is 6.85. The van der Waals surface area contributed by atoms with Crippen molar-refractivity contribution in [2.45, 2.75) is 45.3 Å². The number of benzene rings is 3. The molecule has 1 aliphatic rings. The van der Waals surface area contributed by atoms with Gasteiger partial charge in [0.25, 0.3) is 0 Å². The molecule has 0 spiro atoms. The van der Waals surface area contributed by atoms with Crippen LogP contribution in [0.3, 0.4) is 0 Å². The highest BCUT2D eigenvalue weighted by atomic mass is 19.1. The standard InChI is InChI=1S/C29H31FO7/c1-29(28(33)36-18-20-8-5-7-19-6-3-4-9-22(19)20)12-10-21(11-13-29)37-26-16-23(27(32)34-2)25(17-24(26)30)35-15-14-31/h3-9,16-17,21,31H,10-15,18H2,1-2H3/t21-,29+. The number of ether oxygens (including phenoxy) is 4. The van der Waals surface area contributed by atoms with E-state index in [0.717, 1.165) is 22.4 Å². The van der Waals surface area contributed by atoms with E-state index in [1.165, 1.54) is 13.2 Å². The summed E-state index contributed by atoms with van der Waals surface area (Å²) in [6, 6.07) is 16.2. The maximum atomic E-state index is 14.7. The van der Waals surface area contributed by atoms with Gasteiger partial charge in [-0.15, -0.1) is 0 Å². The van der Waals surface area contributed by atoms with E-state index < -0.39 is 17.2 Å². The van der Waals surface area contributed by atoms with Gasteiger partial charge in [0.15, 0.2) is 11.6 Å². The Hall–Kier alpha value is -3.65. The van der Waals surface area contributed by atoms with Crippen LogP contribution in [0, 0.1) is 11.2 Å². The van der Waals surface area contributed by atoms with Gasteiger partial charge < -0.3 is 24.1 Å². The molecule has 0 atom stereocenters. The molecule has 0 unspecified atom stereocenters. The summed E-state index contributed by atoms with van der Waals surface area (Å²) in [5.41, 5.74) is 0.294. The van der Waals surface area contributed by atoms with Crippen LogP contribution in [-0.4, -0.2) is 43.5 Å². The van der Waals surface area contributed by atoms with Crippen molar-refractivity contribution in [3.8, 4) is 11.5 Å². The molecule has 3 aromatic rings. The van der Waals surface area contributed by atoms with Gasteiger partial charge in [0.1, 0.15) is 24.5 Å². The molecular weight excluding hydrogens is 479 g/mol. The van der Waals surface area contributed by atoms with Crippen LogP contribution in [0.5, 0.6) is 11.5 Å². The van der Waals surface area contributed by atoms with Gasteiger partial charge in [-0.1, -0.05) is 42.5 Å². The van der Waals surface area contributed by atoms with Crippen LogP contribution < -0.4 is 9.47 Å². The molecule has 1 saturated carbocycles. The lowest BCUT2D eigenvalue weighted by Gasteiger charge is -2.35. The van der Waals surface area contributed by atoms with E-state index in [0.29, 0.717) is 25.7 Å². The van der Waals surface area contributed by atoms with Crippen molar-refractivity contribution in [3.63, 3.8) is 0 Å². The molecule has 0 aromatic heterocycles. The molecule has 7 nitrogen and oxygen atoms in total. The molecular formula is C29H31FO7. The monoisotopic (exact) mass is 510 g/mol. The Morgan fingerprint density at radius 1 is 1.05 bits per heavy atom. The Morgan fingerprint density at radius 3 is 2.51 bits per heavy atom. The van der Waals surface area contributed by atoms with Crippen molar-refractivity contribution in [1.82, 2.24) is 0 Å². The quantitative estimate of drug-likeness (QED) is 0.395. The minimum atomic E-state index is -0.706. The van der Waals surface area contributed by atoms with E-state index in [-0.39, 0.29) is 49.0 Å². The lowest BCUT2D eigenvalue weighted by atomic mass is 9.74. The number of carbonyl (C=O) groups is 2. The fourth-order valence-corrected chi connectivity index (χ4v) is 4.64. The highest BCUT2D eigenvalue weighted by Crippen LogP contribution is 2.40. The van der Waals surface area contributed by atoms with E-state index in [2.05, 4.69) is 0 Å². The second-order valence-corrected chi connectivity index (χ2v) is 9.43. The Kier molecular flexibility index (Phi) is 8.28. The van der Waals surface area contributed by atoms with Crippen molar-refractivity contribution < 1.29 is 38.0 Å². The topological polar surface area (TPSA) is 91.3 Å². The van der Waals surface area contributed by atoms with Gasteiger partial charge in [-0.3, -0.25) is 4.79 Å². The first kappa shape index (κ1) is 26.4. The second-order valence-electron chi connectivity index (χ2n) is 9.43. The zero-order chi connectivity index (χ0) is 26.4. The van der Waals surface area contributed by atoms with Gasteiger partial charge in [0, 0.05) is 12.1 Å². The highest BCUT2D eigenvalue weighted by molar-refractivity contribution is 5.93. The van der Waals surface area contributed by atoms with E-state index in [9.17, 15) is 14.0 Å². The highest BCUT2D eigenvalue weighted by Gasteiger charge is 2.40. The molecule has 3 aromatic carbocycles. The molecule has 0 saturated heterocycles. The molecule has 0 amide bonds. The summed E-state index contributed by atoms with van der Waals surface area (Å²) in [6.45, 7) is 1.70. The zero-order valence-corrected chi connectivity index (χ0v) is 21.0. The number of hydrogen-bond donors (Lipinski definition) is 1. The second kappa shape index (κ2) is 11.6. The molecule has 0 aliphatic heterocycles. The summed E-state index contributed by atoms with van der Waals surface area (Å²) in [6.07, 6.45) is 1.76. The third-order valence-electron chi connectivity index (χ3n) is 6.85. The number of methoxy groups -OCH3 is 1. The maximum absolute atomic E-state index is 14.7. The van der Waals surface area contributed by atoms with Crippen molar-refractivity contribution in [2.75, 3.05) is 20.3 Å². The first-order chi connectivity index (χ1) is 17.8.